The molecule has 1 heterocycles. The molecule has 0 fully saturated rings. The molecule has 0 spiro atoms. The molecule has 7 heteroatoms. The van der Waals surface area contributed by atoms with E-state index in [1.165, 1.54) is 0 Å². The van der Waals surface area contributed by atoms with Crippen molar-refractivity contribution in [2.24, 2.45) is 0 Å². The minimum Gasteiger partial charge on any atom is -0.508 e. The third-order valence-electron chi connectivity index (χ3n) is 3.85. The lowest BCUT2D eigenvalue weighted by Gasteiger charge is -2.21. The van der Waals surface area contributed by atoms with Crippen LogP contribution in [0, 0.1) is 0 Å². The molecule has 2 N–H and O–H groups in total. The number of phenolic OH excluding ortho intramolecular Hbond substituents is 1. The van der Waals surface area contributed by atoms with E-state index < -0.39 is 0 Å². The van der Waals surface area contributed by atoms with Gasteiger partial charge in [-0.3, -0.25) is 9.69 Å². The lowest BCUT2D eigenvalue weighted by molar-refractivity contribution is -0.117. The SMILES string of the molecule is CCCN(CC(=O)Nc1cccc2nsnc12)Cc1ccccc1O. The molecular weight excluding hydrogens is 336 g/mol. The van der Waals surface area contributed by atoms with Gasteiger partial charge in [-0.25, -0.2) is 0 Å². The van der Waals surface area contributed by atoms with Crippen LogP contribution in [0.2, 0.25) is 0 Å². The minimum atomic E-state index is -0.107. The molecule has 0 saturated heterocycles. The first-order valence-corrected chi connectivity index (χ1v) is 8.90. The molecule has 0 atom stereocenters. The number of amides is 1. The largest absolute Gasteiger partial charge is 0.508 e. The molecule has 0 radical (unpaired) electrons. The number of rotatable bonds is 7. The fourth-order valence-electron chi connectivity index (χ4n) is 2.72. The highest BCUT2D eigenvalue weighted by Crippen LogP contribution is 2.21. The molecule has 6 nitrogen and oxygen atoms in total. The monoisotopic (exact) mass is 356 g/mol. The Labute approximate surface area is 150 Å². The highest BCUT2D eigenvalue weighted by Gasteiger charge is 2.14. The topological polar surface area (TPSA) is 78.4 Å². The Morgan fingerprint density at radius 1 is 1.20 bits per heavy atom. The second kappa shape index (κ2) is 8.04. The Morgan fingerprint density at radius 3 is 2.84 bits per heavy atom. The van der Waals surface area contributed by atoms with Crippen LogP contribution in [0.1, 0.15) is 18.9 Å². The summed E-state index contributed by atoms with van der Waals surface area (Å²) in [5.74, 6) is 0.145. The number of nitrogens with one attached hydrogen (secondary N) is 1. The zero-order chi connectivity index (χ0) is 17.6. The molecule has 1 amide bonds. The van der Waals surface area contributed by atoms with Crippen molar-refractivity contribution in [3.8, 4) is 5.75 Å². The van der Waals surface area contributed by atoms with E-state index in [0.29, 0.717) is 17.7 Å². The number of hydrogen-bond acceptors (Lipinski definition) is 6. The van der Waals surface area contributed by atoms with Crippen LogP contribution in [0.5, 0.6) is 5.75 Å². The van der Waals surface area contributed by atoms with Gasteiger partial charge in [0.2, 0.25) is 5.91 Å². The third kappa shape index (κ3) is 4.32. The summed E-state index contributed by atoms with van der Waals surface area (Å²) >= 11 is 1.13. The van der Waals surface area contributed by atoms with Crippen LogP contribution < -0.4 is 5.32 Å². The lowest BCUT2D eigenvalue weighted by Crippen LogP contribution is -2.33. The van der Waals surface area contributed by atoms with E-state index in [9.17, 15) is 9.90 Å². The maximum Gasteiger partial charge on any atom is 0.238 e. The van der Waals surface area contributed by atoms with E-state index in [0.717, 1.165) is 35.8 Å². The highest BCUT2D eigenvalue weighted by atomic mass is 32.1. The van der Waals surface area contributed by atoms with Gasteiger partial charge in [0.15, 0.2) is 0 Å². The Hall–Kier alpha value is -2.51. The third-order valence-corrected chi connectivity index (χ3v) is 4.40. The van der Waals surface area contributed by atoms with Crippen LogP contribution >= 0.6 is 11.7 Å². The molecule has 0 aliphatic rings. The quantitative estimate of drug-likeness (QED) is 0.679. The standard InChI is InChI=1S/C18H20N4O2S/c1-2-10-22(11-13-6-3-4-9-16(13)23)12-17(24)19-14-7-5-8-15-18(14)21-25-20-15/h3-9,23H,2,10-12H2,1H3,(H,19,24). The summed E-state index contributed by atoms with van der Waals surface area (Å²) < 4.78 is 8.42. The van der Waals surface area contributed by atoms with Crippen molar-refractivity contribution in [1.29, 1.82) is 0 Å². The van der Waals surface area contributed by atoms with Crippen molar-refractivity contribution in [2.45, 2.75) is 19.9 Å². The van der Waals surface area contributed by atoms with Gasteiger partial charge in [0.05, 0.1) is 24.0 Å². The maximum absolute atomic E-state index is 12.5. The van der Waals surface area contributed by atoms with Crippen LogP contribution in [-0.4, -0.2) is 37.8 Å². The Bertz CT molecular complexity index is 865. The molecule has 0 saturated carbocycles. The number of aromatic nitrogens is 2. The zero-order valence-corrected chi connectivity index (χ0v) is 14.8. The molecular formula is C18H20N4O2S. The number of carbonyl (C=O) groups excluding carboxylic acids is 1. The molecule has 3 rings (SSSR count). The van der Waals surface area contributed by atoms with Crippen LogP contribution in [0.3, 0.4) is 0 Å². The first-order chi connectivity index (χ1) is 12.2. The summed E-state index contributed by atoms with van der Waals surface area (Å²) in [7, 11) is 0. The first kappa shape index (κ1) is 17.3. The van der Waals surface area contributed by atoms with Crippen molar-refractivity contribution in [3.63, 3.8) is 0 Å². The fourth-order valence-corrected chi connectivity index (χ4v) is 3.27. The van der Waals surface area contributed by atoms with Crippen LogP contribution in [0.15, 0.2) is 42.5 Å². The molecule has 25 heavy (non-hydrogen) atoms. The van der Waals surface area contributed by atoms with Crippen molar-refractivity contribution in [1.82, 2.24) is 13.6 Å². The summed E-state index contributed by atoms with van der Waals surface area (Å²) in [4.78, 5) is 14.5. The molecule has 2 aromatic carbocycles. The normalized spacial score (nSPS) is 11.1. The summed E-state index contributed by atoms with van der Waals surface area (Å²) in [6.45, 7) is 3.61. The Kier molecular flexibility index (Phi) is 5.57. The van der Waals surface area contributed by atoms with Gasteiger partial charge in [-0.2, -0.15) is 8.75 Å². The van der Waals surface area contributed by atoms with Crippen molar-refractivity contribution >= 4 is 34.4 Å². The summed E-state index contributed by atoms with van der Waals surface area (Å²) in [6.07, 6.45) is 0.923. The average molecular weight is 356 g/mol. The van der Waals surface area contributed by atoms with Crippen LogP contribution in [0.25, 0.3) is 11.0 Å². The predicted octanol–water partition coefficient (Wildman–Crippen LogP) is 3.25. The van der Waals surface area contributed by atoms with E-state index in [1.54, 1.807) is 12.1 Å². The zero-order valence-electron chi connectivity index (χ0n) is 14.0. The average Bonchev–Trinajstić information content (AvgIpc) is 3.07. The molecule has 0 aliphatic carbocycles. The summed E-state index contributed by atoms with van der Waals surface area (Å²) in [6, 6.07) is 12.8. The number of benzene rings is 2. The molecule has 130 valence electrons. The van der Waals surface area contributed by atoms with Gasteiger partial charge in [-0.05, 0) is 31.2 Å². The lowest BCUT2D eigenvalue weighted by atomic mass is 10.2. The van der Waals surface area contributed by atoms with Gasteiger partial charge in [0.25, 0.3) is 0 Å². The number of phenols is 1. The Balaban J connectivity index is 1.68. The number of carbonyl (C=O) groups is 1. The smallest absolute Gasteiger partial charge is 0.238 e. The van der Waals surface area contributed by atoms with Crippen LogP contribution in [0.4, 0.5) is 5.69 Å². The van der Waals surface area contributed by atoms with Crippen molar-refractivity contribution in [2.75, 3.05) is 18.4 Å². The molecule has 0 aliphatic heterocycles. The maximum atomic E-state index is 12.5. The minimum absolute atomic E-state index is 0.107. The van der Waals surface area contributed by atoms with E-state index in [4.69, 9.17) is 0 Å². The second-order valence-corrected chi connectivity index (χ2v) is 6.35. The van der Waals surface area contributed by atoms with Gasteiger partial charge in [0.1, 0.15) is 16.8 Å². The van der Waals surface area contributed by atoms with Crippen molar-refractivity contribution in [3.05, 3.63) is 48.0 Å². The number of aromatic hydroxyl groups is 1. The summed E-state index contributed by atoms with van der Waals surface area (Å²) in [5.41, 5.74) is 2.98. The highest BCUT2D eigenvalue weighted by molar-refractivity contribution is 7.00. The van der Waals surface area contributed by atoms with Gasteiger partial charge in [-0.15, -0.1) is 0 Å². The second-order valence-electron chi connectivity index (χ2n) is 5.83. The molecule has 0 unspecified atom stereocenters. The number of nitrogens with zero attached hydrogens (tertiary/aromatic N) is 3. The number of para-hydroxylation sites is 1. The first-order valence-electron chi connectivity index (χ1n) is 8.17. The molecule has 0 bridgehead atoms. The molecule has 1 aromatic heterocycles. The van der Waals surface area contributed by atoms with Gasteiger partial charge in [0, 0.05) is 12.1 Å². The van der Waals surface area contributed by atoms with Gasteiger partial charge >= 0.3 is 0 Å². The van der Waals surface area contributed by atoms with Crippen molar-refractivity contribution < 1.29 is 9.90 Å². The van der Waals surface area contributed by atoms with Gasteiger partial charge in [-0.1, -0.05) is 31.2 Å². The van der Waals surface area contributed by atoms with E-state index in [2.05, 4.69) is 21.0 Å². The Morgan fingerprint density at radius 2 is 2.04 bits per heavy atom. The number of anilines is 1. The van der Waals surface area contributed by atoms with E-state index >= 15 is 0 Å². The van der Waals surface area contributed by atoms with Crippen LogP contribution in [-0.2, 0) is 11.3 Å². The molecule has 3 aromatic rings. The number of hydrogen-bond donors (Lipinski definition) is 2. The predicted molar refractivity (Wildman–Crippen MR) is 99.7 cm³/mol. The van der Waals surface area contributed by atoms with E-state index in [-0.39, 0.29) is 18.2 Å². The van der Waals surface area contributed by atoms with Gasteiger partial charge < -0.3 is 10.4 Å². The number of fused-ring (bicyclic) bond motifs is 1. The van der Waals surface area contributed by atoms with E-state index in [1.807, 2.05) is 35.2 Å². The fraction of sp³-hybridized carbons (Fsp3) is 0.278. The summed E-state index contributed by atoms with van der Waals surface area (Å²) in [5, 5.41) is 12.9.